The van der Waals surface area contributed by atoms with E-state index in [1.807, 2.05) is 66.9 Å². The van der Waals surface area contributed by atoms with Gasteiger partial charge in [-0.1, -0.05) is 29.8 Å². The van der Waals surface area contributed by atoms with Crippen LogP contribution in [0.15, 0.2) is 53.6 Å². The summed E-state index contributed by atoms with van der Waals surface area (Å²) in [6, 6.07) is 15.1. The molecular formula is C26H29ClN4O4. The lowest BCUT2D eigenvalue weighted by atomic mass is 10.1. The third-order valence-corrected chi connectivity index (χ3v) is 5.78. The fourth-order valence-corrected chi connectivity index (χ4v) is 3.95. The van der Waals surface area contributed by atoms with E-state index >= 15 is 0 Å². The van der Waals surface area contributed by atoms with Crippen molar-refractivity contribution < 1.29 is 19.1 Å². The van der Waals surface area contributed by atoms with Crippen molar-refractivity contribution in [3.63, 3.8) is 0 Å². The maximum Gasteiger partial charge on any atom is 0.249 e. The number of benzene rings is 2. The Morgan fingerprint density at radius 2 is 1.77 bits per heavy atom. The van der Waals surface area contributed by atoms with Gasteiger partial charge in [-0.15, -0.1) is 0 Å². The molecule has 184 valence electrons. The molecule has 0 atom stereocenters. The maximum absolute atomic E-state index is 12.1. The van der Waals surface area contributed by atoms with Crippen LogP contribution >= 0.6 is 11.6 Å². The Labute approximate surface area is 209 Å². The highest BCUT2D eigenvalue weighted by Crippen LogP contribution is 2.28. The fourth-order valence-electron chi connectivity index (χ4n) is 3.73. The Bertz CT molecular complexity index is 1240. The number of hydrogen-bond donors (Lipinski definition) is 2. The third kappa shape index (κ3) is 6.64. The molecule has 0 saturated heterocycles. The van der Waals surface area contributed by atoms with E-state index in [1.54, 1.807) is 20.4 Å². The molecule has 0 bridgehead atoms. The highest BCUT2D eigenvalue weighted by Gasteiger charge is 2.12. The molecular weight excluding hydrogens is 468 g/mol. The number of aryl methyl sites for hydroxylation is 1. The van der Waals surface area contributed by atoms with Gasteiger partial charge in [-0.05, 0) is 56.2 Å². The number of para-hydroxylation sites is 1. The number of carbonyl (C=O) groups excluding carboxylic acids is 2. The van der Waals surface area contributed by atoms with Gasteiger partial charge in [0.2, 0.25) is 11.8 Å². The van der Waals surface area contributed by atoms with E-state index in [9.17, 15) is 9.59 Å². The molecule has 0 fully saturated rings. The largest absolute Gasteiger partial charge is 0.493 e. The van der Waals surface area contributed by atoms with Gasteiger partial charge in [0.1, 0.15) is 6.42 Å². The van der Waals surface area contributed by atoms with Gasteiger partial charge >= 0.3 is 0 Å². The van der Waals surface area contributed by atoms with E-state index in [4.69, 9.17) is 21.1 Å². The topological polar surface area (TPSA) is 94.0 Å². The van der Waals surface area contributed by atoms with E-state index in [0.29, 0.717) is 29.5 Å². The first-order valence-corrected chi connectivity index (χ1v) is 11.4. The molecule has 3 aromatic rings. The summed E-state index contributed by atoms with van der Waals surface area (Å²) in [5, 5.41) is 7.39. The van der Waals surface area contributed by atoms with E-state index < -0.39 is 5.91 Å². The smallest absolute Gasteiger partial charge is 0.249 e. The van der Waals surface area contributed by atoms with Crippen molar-refractivity contribution >= 4 is 29.6 Å². The Morgan fingerprint density at radius 3 is 2.49 bits per heavy atom. The molecule has 9 heteroatoms. The van der Waals surface area contributed by atoms with Gasteiger partial charge in [0.25, 0.3) is 0 Å². The number of nitrogens with zero attached hydrogens (tertiary/aromatic N) is 2. The Balaban J connectivity index is 1.49. The number of hydrazone groups is 1. The molecule has 0 radical (unpaired) electrons. The highest BCUT2D eigenvalue weighted by atomic mass is 35.5. The highest BCUT2D eigenvalue weighted by molar-refractivity contribution is 6.32. The van der Waals surface area contributed by atoms with Crippen LogP contribution in [0.2, 0.25) is 5.02 Å². The molecule has 0 aliphatic rings. The van der Waals surface area contributed by atoms with Crippen LogP contribution in [-0.4, -0.2) is 43.4 Å². The van der Waals surface area contributed by atoms with Crippen LogP contribution in [0.3, 0.4) is 0 Å². The lowest BCUT2D eigenvalue weighted by molar-refractivity contribution is -0.129. The molecule has 1 heterocycles. The number of aromatic nitrogens is 1. The number of methoxy groups -OCH3 is 2. The van der Waals surface area contributed by atoms with Gasteiger partial charge in [-0.2, -0.15) is 5.10 Å². The van der Waals surface area contributed by atoms with Crippen molar-refractivity contribution in [2.75, 3.05) is 20.8 Å². The Morgan fingerprint density at radius 1 is 1.03 bits per heavy atom. The SMILES string of the molecule is COc1ccc(CCNC(=O)CC(=O)N/N=C/c2cc(C)n(-c3ccccc3Cl)c2C)cc1OC. The molecule has 0 saturated carbocycles. The number of carbonyl (C=O) groups is 2. The molecule has 8 nitrogen and oxygen atoms in total. The number of hydrogen-bond acceptors (Lipinski definition) is 5. The first-order chi connectivity index (χ1) is 16.8. The summed E-state index contributed by atoms with van der Waals surface area (Å²) in [5.41, 5.74) is 7.01. The number of nitrogens with one attached hydrogen (secondary N) is 2. The second-order valence-electron chi connectivity index (χ2n) is 7.87. The summed E-state index contributed by atoms with van der Waals surface area (Å²) in [6.45, 7) is 4.31. The quantitative estimate of drug-likeness (QED) is 0.252. The average molecular weight is 497 g/mol. The second kappa shape index (κ2) is 12.1. The molecule has 2 N–H and O–H groups in total. The minimum absolute atomic E-state index is 0.318. The molecule has 3 rings (SSSR count). The summed E-state index contributed by atoms with van der Waals surface area (Å²) in [5.74, 6) is 0.393. The molecule has 0 aliphatic heterocycles. The van der Waals surface area contributed by atoms with Gasteiger partial charge in [0.05, 0.1) is 31.1 Å². The zero-order valence-corrected chi connectivity index (χ0v) is 21.0. The standard InChI is InChI=1S/C26H29ClN4O4/c1-17-13-20(18(2)31(17)22-8-6-5-7-21(22)27)16-29-30-26(33)15-25(32)28-12-11-19-9-10-23(34-3)24(14-19)35-4/h5-10,13-14,16H,11-12,15H2,1-4H3,(H,28,32)(H,30,33)/b29-16+. The van der Waals surface area contributed by atoms with Crippen molar-refractivity contribution in [3.8, 4) is 17.2 Å². The van der Waals surface area contributed by atoms with Gasteiger partial charge < -0.3 is 19.4 Å². The average Bonchev–Trinajstić information content (AvgIpc) is 3.12. The molecule has 1 aromatic heterocycles. The summed E-state index contributed by atoms with van der Waals surface area (Å²) < 4.78 is 12.5. The van der Waals surface area contributed by atoms with Crippen molar-refractivity contribution in [1.29, 1.82) is 0 Å². The monoisotopic (exact) mass is 496 g/mol. The first-order valence-electron chi connectivity index (χ1n) is 11.1. The van der Waals surface area contributed by atoms with Crippen LogP contribution < -0.4 is 20.2 Å². The lowest BCUT2D eigenvalue weighted by Gasteiger charge is -2.11. The van der Waals surface area contributed by atoms with Gasteiger partial charge in [0, 0.05) is 23.5 Å². The molecule has 2 aromatic carbocycles. The first kappa shape index (κ1) is 25.8. The maximum atomic E-state index is 12.1. The van der Waals surface area contributed by atoms with Gasteiger partial charge in [0.15, 0.2) is 11.5 Å². The van der Waals surface area contributed by atoms with E-state index in [-0.39, 0.29) is 12.3 Å². The van der Waals surface area contributed by atoms with Crippen molar-refractivity contribution in [3.05, 3.63) is 76.1 Å². The molecule has 0 aliphatic carbocycles. The predicted octanol–water partition coefficient (Wildman–Crippen LogP) is 3.96. The second-order valence-corrected chi connectivity index (χ2v) is 8.28. The number of ether oxygens (including phenoxy) is 2. The third-order valence-electron chi connectivity index (χ3n) is 5.46. The van der Waals surface area contributed by atoms with Gasteiger partial charge in [-0.3, -0.25) is 9.59 Å². The van der Waals surface area contributed by atoms with E-state index in [1.165, 1.54) is 0 Å². The summed E-state index contributed by atoms with van der Waals surface area (Å²) in [6.07, 6.45) is 1.83. The Hall–Kier alpha value is -3.78. The van der Waals surface area contributed by atoms with Crippen LogP contribution in [0.25, 0.3) is 5.69 Å². The van der Waals surface area contributed by atoms with Crippen LogP contribution in [0, 0.1) is 13.8 Å². The van der Waals surface area contributed by atoms with Crippen LogP contribution in [-0.2, 0) is 16.0 Å². The zero-order chi connectivity index (χ0) is 25.4. The minimum atomic E-state index is -0.496. The zero-order valence-electron chi connectivity index (χ0n) is 20.2. The summed E-state index contributed by atoms with van der Waals surface area (Å²) in [7, 11) is 3.15. The van der Waals surface area contributed by atoms with E-state index in [2.05, 4.69) is 15.8 Å². The summed E-state index contributed by atoms with van der Waals surface area (Å²) in [4.78, 5) is 24.2. The fraction of sp³-hybridized carbons (Fsp3) is 0.269. The van der Waals surface area contributed by atoms with Crippen molar-refractivity contribution in [2.45, 2.75) is 26.7 Å². The van der Waals surface area contributed by atoms with Crippen LogP contribution in [0.4, 0.5) is 0 Å². The minimum Gasteiger partial charge on any atom is -0.493 e. The molecule has 35 heavy (non-hydrogen) atoms. The Kier molecular flexibility index (Phi) is 8.92. The predicted molar refractivity (Wildman–Crippen MR) is 137 cm³/mol. The number of amides is 2. The molecule has 0 unspecified atom stereocenters. The lowest BCUT2D eigenvalue weighted by Crippen LogP contribution is -2.31. The van der Waals surface area contributed by atoms with E-state index in [0.717, 1.165) is 28.2 Å². The molecule has 2 amide bonds. The van der Waals surface area contributed by atoms with Crippen LogP contribution in [0.5, 0.6) is 11.5 Å². The molecule has 0 spiro atoms. The number of halogens is 1. The normalized spacial score (nSPS) is 10.9. The summed E-state index contributed by atoms with van der Waals surface area (Å²) >= 11 is 6.34. The van der Waals surface area contributed by atoms with Crippen LogP contribution in [0.1, 0.15) is 28.9 Å². The van der Waals surface area contributed by atoms with Crippen molar-refractivity contribution in [2.24, 2.45) is 5.10 Å². The number of rotatable bonds is 10. The van der Waals surface area contributed by atoms with Gasteiger partial charge in [-0.25, -0.2) is 5.43 Å². The van der Waals surface area contributed by atoms with Crippen molar-refractivity contribution in [1.82, 2.24) is 15.3 Å².